The molecule has 0 aliphatic carbocycles. The van der Waals surface area contributed by atoms with Crippen LogP contribution in [0.25, 0.3) is 0 Å². The lowest BCUT2D eigenvalue weighted by Crippen LogP contribution is -2.13. The van der Waals surface area contributed by atoms with E-state index in [-0.39, 0.29) is 5.78 Å². The molecule has 166 valence electrons. The molecular weight excluding hydrogens is 374 g/mol. The number of Topliss-reactive ketones (excluding diaryl/α,β-unsaturated/α-hetero) is 1. The van der Waals surface area contributed by atoms with Gasteiger partial charge in [0.25, 0.3) is 0 Å². The molecule has 0 bridgehead atoms. The predicted octanol–water partition coefficient (Wildman–Crippen LogP) is 4.03. The number of nitrogens with zero attached hydrogens (tertiary/aromatic N) is 1. The minimum Gasteiger partial charge on any atom is -0.491 e. The number of benzene rings is 1. The minimum atomic E-state index is 0.133. The lowest BCUT2D eigenvalue weighted by Gasteiger charge is -2.08. The van der Waals surface area contributed by atoms with Crippen molar-refractivity contribution in [3.05, 3.63) is 29.8 Å². The Labute approximate surface area is 175 Å². The molecule has 0 radical (unpaired) electrons. The molecule has 7 nitrogen and oxygen atoms in total. The minimum absolute atomic E-state index is 0.133. The van der Waals surface area contributed by atoms with Gasteiger partial charge in [-0.05, 0) is 38.5 Å². The molecule has 1 rings (SSSR count). The van der Waals surface area contributed by atoms with Gasteiger partial charge in [-0.1, -0.05) is 31.1 Å². The molecule has 0 atom stereocenters. The highest BCUT2D eigenvalue weighted by Crippen LogP contribution is 2.12. The molecule has 0 amide bonds. The van der Waals surface area contributed by atoms with Crippen molar-refractivity contribution in [3.8, 4) is 5.75 Å². The van der Waals surface area contributed by atoms with E-state index in [2.05, 4.69) is 5.16 Å². The molecule has 0 N–H and O–H groups in total. The van der Waals surface area contributed by atoms with Gasteiger partial charge >= 0.3 is 0 Å². The van der Waals surface area contributed by atoms with Crippen molar-refractivity contribution < 1.29 is 28.6 Å². The van der Waals surface area contributed by atoms with E-state index in [1.807, 2.05) is 52.0 Å². The fourth-order valence-corrected chi connectivity index (χ4v) is 1.89. The Balaban J connectivity index is 0.00000379. The first-order valence-electron chi connectivity index (χ1n) is 10.2. The Kier molecular flexibility index (Phi) is 18.1. The van der Waals surface area contributed by atoms with Crippen molar-refractivity contribution in [1.82, 2.24) is 0 Å². The lowest BCUT2D eigenvalue weighted by atomic mass is 10.2. The lowest BCUT2D eigenvalue weighted by molar-refractivity contribution is -0.118. The summed E-state index contributed by atoms with van der Waals surface area (Å²) in [7, 11) is 0. The zero-order valence-corrected chi connectivity index (χ0v) is 18.6. The third-order valence-electron chi connectivity index (χ3n) is 3.24. The smallest absolute Gasteiger partial charge is 0.142 e. The number of ketones is 1. The van der Waals surface area contributed by atoms with Crippen molar-refractivity contribution in [2.75, 3.05) is 46.2 Å². The maximum Gasteiger partial charge on any atom is 0.142 e. The first kappa shape index (κ1) is 27.0. The summed E-state index contributed by atoms with van der Waals surface area (Å²) in [6.45, 7) is 13.2. The summed E-state index contributed by atoms with van der Waals surface area (Å²) in [4.78, 5) is 15.9. The number of ether oxygens (including phenoxy) is 4. The second kappa shape index (κ2) is 19.4. The first-order chi connectivity index (χ1) is 14.1. The van der Waals surface area contributed by atoms with Crippen LogP contribution in [0.2, 0.25) is 0 Å². The van der Waals surface area contributed by atoms with Crippen LogP contribution in [0.5, 0.6) is 5.75 Å². The predicted molar refractivity (Wildman–Crippen MR) is 115 cm³/mol. The maximum atomic E-state index is 10.7. The van der Waals surface area contributed by atoms with E-state index < -0.39 is 0 Å². The third-order valence-corrected chi connectivity index (χ3v) is 3.24. The molecule has 1 aromatic rings. The van der Waals surface area contributed by atoms with Crippen LogP contribution in [0, 0.1) is 0 Å². The fourth-order valence-electron chi connectivity index (χ4n) is 1.89. The van der Waals surface area contributed by atoms with Gasteiger partial charge in [0.05, 0.1) is 45.4 Å². The van der Waals surface area contributed by atoms with Crippen LogP contribution in [0.15, 0.2) is 29.4 Å². The summed E-state index contributed by atoms with van der Waals surface area (Å²) < 4.78 is 21.7. The van der Waals surface area contributed by atoms with Crippen molar-refractivity contribution >= 4 is 11.5 Å². The maximum absolute atomic E-state index is 10.7. The molecule has 0 spiro atoms. The quantitative estimate of drug-likeness (QED) is 0.232. The highest BCUT2D eigenvalue weighted by Gasteiger charge is 1.98. The summed E-state index contributed by atoms with van der Waals surface area (Å²) in [5, 5.41) is 3.90. The van der Waals surface area contributed by atoms with E-state index in [1.54, 1.807) is 6.92 Å². The van der Waals surface area contributed by atoms with Crippen LogP contribution >= 0.6 is 0 Å². The largest absolute Gasteiger partial charge is 0.491 e. The topological polar surface area (TPSA) is 75.6 Å². The Morgan fingerprint density at radius 3 is 1.83 bits per heavy atom. The zero-order chi connectivity index (χ0) is 21.7. The number of carbonyl (C=O) groups is 1. The van der Waals surface area contributed by atoms with Gasteiger partial charge in [-0.15, -0.1) is 0 Å². The molecule has 0 fully saturated rings. The average Bonchev–Trinajstić information content (AvgIpc) is 2.71. The van der Waals surface area contributed by atoms with Crippen molar-refractivity contribution in [1.29, 1.82) is 0 Å². The van der Waals surface area contributed by atoms with Gasteiger partial charge in [-0.25, -0.2) is 0 Å². The molecule has 0 heterocycles. The number of rotatable bonds is 16. The summed E-state index contributed by atoms with van der Waals surface area (Å²) in [6, 6.07) is 7.69. The summed E-state index contributed by atoms with van der Waals surface area (Å²) >= 11 is 0. The number of hydrogen-bond acceptors (Lipinski definition) is 7. The molecule has 1 aromatic carbocycles. The standard InChI is InChI=1S/C20H31NO6.C2H6/c1-17(2)21-27-16-19-4-6-20(7-5-19)26-15-14-25-13-12-24-11-10-23-9-8-18(3)22;1-2/h4-7H,8-16H2,1-3H3;1-2H3. The van der Waals surface area contributed by atoms with Crippen LogP contribution in [-0.4, -0.2) is 57.7 Å². The van der Waals surface area contributed by atoms with E-state index in [4.69, 9.17) is 23.8 Å². The summed E-state index contributed by atoms with van der Waals surface area (Å²) in [6.07, 6.45) is 0.451. The molecular formula is C22H37NO6. The van der Waals surface area contributed by atoms with Crippen LogP contribution in [0.4, 0.5) is 0 Å². The summed E-state index contributed by atoms with van der Waals surface area (Å²) in [5.41, 5.74) is 1.92. The number of hydrogen-bond donors (Lipinski definition) is 0. The van der Waals surface area contributed by atoms with Crippen molar-refractivity contribution in [2.24, 2.45) is 5.16 Å². The van der Waals surface area contributed by atoms with Gasteiger partial charge in [0, 0.05) is 6.42 Å². The second-order valence-corrected chi connectivity index (χ2v) is 6.09. The van der Waals surface area contributed by atoms with Crippen molar-refractivity contribution in [2.45, 2.75) is 47.6 Å². The van der Waals surface area contributed by atoms with Gasteiger partial charge < -0.3 is 23.8 Å². The fraction of sp³-hybridized carbons (Fsp3) is 0.636. The normalized spacial score (nSPS) is 9.97. The van der Waals surface area contributed by atoms with Gasteiger partial charge in [-0.2, -0.15) is 0 Å². The monoisotopic (exact) mass is 411 g/mol. The molecule has 0 unspecified atom stereocenters. The van der Waals surface area contributed by atoms with Crippen LogP contribution in [0.3, 0.4) is 0 Å². The van der Waals surface area contributed by atoms with Gasteiger partial charge in [0.2, 0.25) is 0 Å². The molecule has 29 heavy (non-hydrogen) atoms. The zero-order valence-electron chi connectivity index (χ0n) is 18.6. The van der Waals surface area contributed by atoms with Gasteiger partial charge in [0.15, 0.2) is 0 Å². The van der Waals surface area contributed by atoms with Crippen LogP contribution in [0.1, 0.15) is 46.6 Å². The molecule has 0 aromatic heterocycles. The second-order valence-electron chi connectivity index (χ2n) is 6.09. The highest BCUT2D eigenvalue weighted by atomic mass is 16.6. The van der Waals surface area contributed by atoms with E-state index in [0.717, 1.165) is 17.0 Å². The molecule has 0 saturated heterocycles. The highest BCUT2D eigenvalue weighted by molar-refractivity contribution is 5.78. The number of carbonyl (C=O) groups excluding carboxylic acids is 1. The molecule has 0 aliphatic rings. The van der Waals surface area contributed by atoms with Gasteiger partial charge in [-0.3, -0.25) is 4.79 Å². The van der Waals surface area contributed by atoms with E-state index >= 15 is 0 Å². The number of oxime groups is 1. The van der Waals surface area contributed by atoms with E-state index in [1.165, 1.54) is 0 Å². The molecule has 0 saturated carbocycles. The third kappa shape index (κ3) is 17.8. The molecule has 7 heteroatoms. The average molecular weight is 412 g/mol. The van der Waals surface area contributed by atoms with E-state index in [0.29, 0.717) is 59.3 Å². The first-order valence-corrected chi connectivity index (χ1v) is 10.2. The van der Waals surface area contributed by atoms with Crippen LogP contribution in [-0.2, 0) is 30.4 Å². The Morgan fingerprint density at radius 1 is 0.793 bits per heavy atom. The van der Waals surface area contributed by atoms with Crippen LogP contribution < -0.4 is 4.74 Å². The van der Waals surface area contributed by atoms with Crippen molar-refractivity contribution in [3.63, 3.8) is 0 Å². The van der Waals surface area contributed by atoms with Gasteiger partial charge in [0.1, 0.15) is 24.7 Å². The summed E-state index contributed by atoms with van der Waals surface area (Å²) in [5.74, 6) is 0.921. The molecule has 0 aliphatic heterocycles. The van der Waals surface area contributed by atoms with E-state index in [9.17, 15) is 4.79 Å². The SMILES string of the molecule is CC.CC(=O)CCOCCOCCOCCOc1ccc(CON=C(C)C)cc1. The Hall–Kier alpha value is -1.96. The Morgan fingerprint density at radius 2 is 1.31 bits per heavy atom. The Bertz CT molecular complexity index is 541.